The van der Waals surface area contributed by atoms with Crippen LogP contribution in [0.25, 0.3) is 0 Å². The van der Waals surface area contributed by atoms with Crippen LogP contribution < -0.4 is 10.0 Å². The zero-order valence-corrected chi connectivity index (χ0v) is 15.4. The van der Waals surface area contributed by atoms with Crippen LogP contribution in [0.3, 0.4) is 0 Å². The molecule has 0 unspecified atom stereocenters. The van der Waals surface area contributed by atoms with Gasteiger partial charge in [0.2, 0.25) is 15.9 Å². The van der Waals surface area contributed by atoms with Gasteiger partial charge >= 0.3 is 0 Å². The Morgan fingerprint density at radius 1 is 1.19 bits per heavy atom. The van der Waals surface area contributed by atoms with Crippen molar-refractivity contribution in [1.82, 2.24) is 20.2 Å². The molecule has 26 heavy (non-hydrogen) atoms. The van der Waals surface area contributed by atoms with Gasteiger partial charge in [0.25, 0.3) is 5.91 Å². The summed E-state index contributed by atoms with van der Waals surface area (Å²) in [5.41, 5.74) is 0.389. The van der Waals surface area contributed by atoms with E-state index in [0.29, 0.717) is 17.3 Å². The summed E-state index contributed by atoms with van der Waals surface area (Å²) in [7, 11) is -2.22. The summed E-state index contributed by atoms with van der Waals surface area (Å²) < 4.78 is 32.3. The standard InChI is InChI=1S/C17H22N4O4S/c1-18-17(22)13-7-9-14(10-8-13)26(23,24)19-11-15-20-16(21-25-15)12-5-3-2-4-6-12/h7-10,12,19H,2-6,11H2,1H3,(H,18,22). The van der Waals surface area contributed by atoms with Crippen LogP contribution in [0.15, 0.2) is 33.7 Å². The highest BCUT2D eigenvalue weighted by Crippen LogP contribution is 2.30. The van der Waals surface area contributed by atoms with E-state index in [0.717, 1.165) is 25.7 Å². The zero-order valence-electron chi connectivity index (χ0n) is 14.6. The summed E-state index contributed by atoms with van der Waals surface area (Å²) in [6, 6.07) is 5.69. The van der Waals surface area contributed by atoms with Crippen LogP contribution in [-0.4, -0.2) is 31.5 Å². The number of nitrogens with one attached hydrogen (secondary N) is 2. The van der Waals surface area contributed by atoms with E-state index in [1.54, 1.807) is 0 Å². The third-order valence-electron chi connectivity index (χ3n) is 4.52. The Bertz CT molecular complexity index is 855. The highest BCUT2D eigenvalue weighted by molar-refractivity contribution is 7.89. The monoisotopic (exact) mass is 378 g/mol. The van der Waals surface area contributed by atoms with E-state index >= 15 is 0 Å². The molecule has 9 heteroatoms. The molecule has 2 aromatic rings. The molecule has 1 fully saturated rings. The van der Waals surface area contributed by atoms with E-state index in [9.17, 15) is 13.2 Å². The predicted molar refractivity (Wildman–Crippen MR) is 94.0 cm³/mol. The minimum Gasteiger partial charge on any atom is -0.355 e. The molecule has 140 valence electrons. The highest BCUT2D eigenvalue weighted by atomic mass is 32.2. The van der Waals surface area contributed by atoms with Gasteiger partial charge in [0.15, 0.2) is 5.82 Å². The number of nitrogens with zero attached hydrogens (tertiary/aromatic N) is 2. The molecule has 0 radical (unpaired) electrons. The minimum absolute atomic E-state index is 0.0668. The van der Waals surface area contributed by atoms with Crippen molar-refractivity contribution in [3.63, 3.8) is 0 Å². The molecule has 1 aliphatic rings. The lowest BCUT2D eigenvalue weighted by Gasteiger charge is -2.17. The van der Waals surface area contributed by atoms with Crippen LogP contribution >= 0.6 is 0 Å². The van der Waals surface area contributed by atoms with Gasteiger partial charge in [0.05, 0.1) is 11.4 Å². The summed E-state index contributed by atoms with van der Waals surface area (Å²) in [6.07, 6.45) is 5.64. The summed E-state index contributed by atoms with van der Waals surface area (Å²) in [6.45, 7) is -0.0702. The Morgan fingerprint density at radius 2 is 1.88 bits per heavy atom. The van der Waals surface area contributed by atoms with Gasteiger partial charge in [-0.25, -0.2) is 13.1 Å². The normalized spacial score (nSPS) is 15.7. The van der Waals surface area contributed by atoms with Crippen LogP contribution in [0, 0.1) is 0 Å². The summed E-state index contributed by atoms with van der Waals surface area (Å²) >= 11 is 0. The molecular weight excluding hydrogens is 356 g/mol. The quantitative estimate of drug-likeness (QED) is 0.794. The SMILES string of the molecule is CNC(=O)c1ccc(S(=O)(=O)NCc2nc(C3CCCCC3)no2)cc1. The lowest BCUT2D eigenvalue weighted by atomic mass is 9.89. The largest absolute Gasteiger partial charge is 0.355 e. The maximum Gasteiger partial charge on any atom is 0.251 e. The Kier molecular flexibility index (Phi) is 5.67. The molecule has 1 aromatic heterocycles. The number of aromatic nitrogens is 2. The molecule has 1 aromatic carbocycles. The van der Waals surface area contributed by atoms with Crippen molar-refractivity contribution in [2.75, 3.05) is 7.05 Å². The van der Waals surface area contributed by atoms with E-state index in [4.69, 9.17) is 4.52 Å². The number of amides is 1. The van der Waals surface area contributed by atoms with Crippen molar-refractivity contribution in [3.8, 4) is 0 Å². The second-order valence-electron chi connectivity index (χ2n) is 6.31. The molecule has 2 N–H and O–H groups in total. The smallest absolute Gasteiger partial charge is 0.251 e. The molecule has 1 saturated carbocycles. The number of hydrogen-bond donors (Lipinski definition) is 2. The number of carbonyl (C=O) groups excluding carboxylic acids is 1. The molecule has 1 aliphatic carbocycles. The Morgan fingerprint density at radius 3 is 2.54 bits per heavy atom. The Hall–Kier alpha value is -2.26. The molecule has 0 atom stereocenters. The number of rotatable bonds is 6. The van der Waals surface area contributed by atoms with Crippen LogP contribution in [0.4, 0.5) is 0 Å². The third kappa shape index (κ3) is 4.28. The second-order valence-corrected chi connectivity index (χ2v) is 8.08. The third-order valence-corrected chi connectivity index (χ3v) is 5.94. The van der Waals surface area contributed by atoms with Gasteiger partial charge in [-0.15, -0.1) is 0 Å². The number of sulfonamides is 1. The molecule has 0 aliphatic heterocycles. The van der Waals surface area contributed by atoms with Gasteiger partial charge in [-0.2, -0.15) is 4.98 Å². The maximum atomic E-state index is 12.4. The fourth-order valence-corrected chi connectivity index (χ4v) is 4.01. The first-order chi connectivity index (χ1) is 12.5. The van der Waals surface area contributed by atoms with Crippen molar-refractivity contribution < 1.29 is 17.7 Å². The summed E-state index contributed by atoms with van der Waals surface area (Å²) in [4.78, 5) is 15.9. The maximum absolute atomic E-state index is 12.4. The summed E-state index contributed by atoms with van der Waals surface area (Å²) in [5.74, 6) is 0.933. The van der Waals surface area contributed by atoms with Gasteiger partial charge in [-0.1, -0.05) is 24.4 Å². The molecule has 1 amide bonds. The van der Waals surface area contributed by atoms with Crippen LogP contribution in [0.1, 0.15) is 60.1 Å². The molecule has 0 saturated heterocycles. The van der Waals surface area contributed by atoms with E-state index in [1.165, 1.54) is 37.7 Å². The van der Waals surface area contributed by atoms with Gasteiger partial charge in [-0.05, 0) is 37.1 Å². The lowest BCUT2D eigenvalue weighted by Crippen LogP contribution is -2.24. The molecule has 3 rings (SSSR count). The van der Waals surface area contributed by atoms with Gasteiger partial charge < -0.3 is 9.84 Å². The summed E-state index contributed by atoms with van der Waals surface area (Å²) in [5, 5.41) is 6.47. The topological polar surface area (TPSA) is 114 Å². The zero-order chi connectivity index (χ0) is 18.6. The number of benzene rings is 1. The van der Waals surface area contributed by atoms with Gasteiger partial charge in [0.1, 0.15) is 0 Å². The first-order valence-corrected chi connectivity index (χ1v) is 10.1. The number of hydrogen-bond acceptors (Lipinski definition) is 6. The van der Waals surface area contributed by atoms with Crippen LogP contribution in [-0.2, 0) is 16.6 Å². The van der Waals surface area contributed by atoms with Crippen molar-refractivity contribution >= 4 is 15.9 Å². The average Bonchev–Trinajstić information content (AvgIpc) is 3.16. The highest BCUT2D eigenvalue weighted by Gasteiger charge is 2.22. The predicted octanol–water partition coefficient (Wildman–Crippen LogP) is 1.96. The first kappa shape index (κ1) is 18.5. The Balaban J connectivity index is 1.63. The van der Waals surface area contributed by atoms with Gasteiger partial charge in [0, 0.05) is 18.5 Å². The fraction of sp³-hybridized carbons (Fsp3) is 0.471. The van der Waals surface area contributed by atoms with E-state index in [1.807, 2.05) is 0 Å². The van der Waals surface area contributed by atoms with Crippen LogP contribution in [0.2, 0.25) is 0 Å². The molecular formula is C17H22N4O4S. The van der Waals surface area contributed by atoms with Crippen molar-refractivity contribution in [1.29, 1.82) is 0 Å². The lowest BCUT2D eigenvalue weighted by molar-refractivity contribution is 0.0963. The molecule has 1 heterocycles. The van der Waals surface area contributed by atoms with E-state index < -0.39 is 10.0 Å². The molecule has 0 spiro atoms. The first-order valence-electron chi connectivity index (χ1n) is 8.64. The van der Waals surface area contributed by atoms with Crippen molar-refractivity contribution in [2.45, 2.75) is 49.5 Å². The van der Waals surface area contributed by atoms with Gasteiger partial charge in [-0.3, -0.25) is 4.79 Å². The molecule has 0 bridgehead atoms. The fourth-order valence-electron chi connectivity index (χ4n) is 3.04. The van der Waals surface area contributed by atoms with E-state index in [-0.39, 0.29) is 23.2 Å². The Labute approximate surface area is 152 Å². The minimum atomic E-state index is -3.73. The van der Waals surface area contributed by atoms with E-state index in [2.05, 4.69) is 20.2 Å². The second kappa shape index (κ2) is 7.96. The number of carbonyl (C=O) groups is 1. The van der Waals surface area contributed by atoms with Crippen molar-refractivity contribution in [2.24, 2.45) is 0 Å². The molecule has 8 nitrogen and oxygen atoms in total. The average molecular weight is 378 g/mol. The van der Waals surface area contributed by atoms with Crippen LogP contribution in [0.5, 0.6) is 0 Å². The van der Waals surface area contributed by atoms with Crippen molar-refractivity contribution in [3.05, 3.63) is 41.5 Å².